The Kier molecular flexibility index (Phi) is 4.63. The zero-order valence-corrected chi connectivity index (χ0v) is 10.8. The number of aliphatic hydroxyl groups excluding tert-OH is 1. The molecular formula is C13H22N2O2. The summed E-state index contributed by atoms with van der Waals surface area (Å²) < 4.78 is 5.44. The van der Waals surface area contributed by atoms with Crippen molar-refractivity contribution in [2.75, 3.05) is 24.3 Å². The Morgan fingerprint density at radius 1 is 1.41 bits per heavy atom. The van der Waals surface area contributed by atoms with E-state index in [0.29, 0.717) is 24.5 Å². The lowest BCUT2D eigenvalue weighted by atomic mass is 10.0. The van der Waals surface area contributed by atoms with Crippen LogP contribution in [-0.2, 0) is 0 Å². The number of rotatable bonds is 6. The molecule has 1 aromatic rings. The molecule has 1 rings (SSSR count). The number of nitrogens with one attached hydrogen (secondary N) is 1. The van der Waals surface area contributed by atoms with Crippen LogP contribution in [0.25, 0.3) is 0 Å². The summed E-state index contributed by atoms with van der Waals surface area (Å²) in [6, 6.07) is 5.62. The van der Waals surface area contributed by atoms with Gasteiger partial charge in [0.05, 0.1) is 12.3 Å². The molecule has 0 heterocycles. The first-order valence-corrected chi connectivity index (χ1v) is 5.90. The van der Waals surface area contributed by atoms with Gasteiger partial charge in [0.2, 0.25) is 0 Å². The summed E-state index contributed by atoms with van der Waals surface area (Å²) >= 11 is 0. The third-order valence-electron chi connectivity index (χ3n) is 2.53. The summed E-state index contributed by atoms with van der Waals surface area (Å²) in [6.07, 6.45) is 0.682. The Labute approximate surface area is 103 Å². The van der Waals surface area contributed by atoms with Crippen molar-refractivity contribution in [3.8, 4) is 5.75 Å². The minimum atomic E-state index is -0.158. The maximum absolute atomic E-state index is 8.98. The van der Waals surface area contributed by atoms with E-state index in [-0.39, 0.29) is 12.1 Å². The van der Waals surface area contributed by atoms with Crippen LogP contribution in [0.5, 0.6) is 5.75 Å². The molecule has 0 bridgehead atoms. The minimum absolute atomic E-state index is 0.158. The van der Waals surface area contributed by atoms with Gasteiger partial charge in [-0.1, -0.05) is 0 Å². The van der Waals surface area contributed by atoms with Crippen LogP contribution in [0.3, 0.4) is 0 Å². The molecule has 0 spiro atoms. The van der Waals surface area contributed by atoms with Gasteiger partial charge in [0, 0.05) is 23.9 Å². The second kappa shape index (κ2) is 5.77. The van der Waals surface area contributed by atoms with Crippen LogP contribution in [-0.4, -0.2) is 23.9 Å². The Bertz CT molecular complexity index is 364. The molecule has 0 radical (unpaired) electrons. The Balaban J connectivity index is 2.81. The molecule has 0 amide bonds. The van der Waals surface area contributed by atoms with Crippen molar-refractivity contribution >= 4 is 11.4 Å². The molecule has 4 nitrogen and oxygen atoms in total. The number of benzene rings is 1. The Hall–Kier alpha value is -1.42. The van der Waals surface area contributed by atoms with Gasteiger partial charge >= 0.3 is 0 Å². The number of ether oxygens (including phenoxy) is 1. The summed E-state index contributed by atoms with van der Waals surface area (Å²) in [5.41, 5.74) is 7.23. The quantitative estimate of drug-likeness (QED) is 0.665. The smallest absolute Gasteiger partial charge is 0.144 e. The first-order chi connectivity index (χ1) is 7.98. The van der Waals surface area contributed by atoms with Gasteiger partial charge in [0.15, 0.2) is 0 Å². The van der Waals surface area contributed by atoms with Gasteiger partial charge in [-0.25, -0.2) is 0 Å². The third kappa shape index (κ3) is 4.15. The molecule has 0 saturated carbocycles. The average Bonchev–Trinajstić information content (AvgIpc) is 2.23. The predicted molar refractivity (Wildman–Crippen MR) is 71.4 cm³/mol. The van der Waals surface area contributed by atoms with Crippen molar-refractivity contribution in [3.63, 3.8) is 0 Å². The summed E-state index contributed by atoms with van der Waals surface area (Å²) in [7, 11) is 0. The molecule has 96 valence electrons. The number of aliphatic hydroxyl groups is 1. The molecule has 0 atom stereocenters. The van der Waals surface area contributed by atoms with E-state index in [2.05, 4.69) is 5.32 Å². The molecule has 0 unspecified atom stereocenters. The lowest BCUT2D eigenvalue weighted by Gasteiger charge is -2.27. The van der Waals surface area contributed by atoms with Crippen LogP contribution in [0, 0.1) is 0 Å². The minimum Gasteiger partial charge on any atom is -0.492 e. The van der Waals surface area contributed by atoms with Crippen LogP contribution in [0.1, 0.15) is 27.2 Å². The van der Waals surface area contributed by atoms with E-state index < -0.39 is 0 Å². The molecule has 0 fully saturated rings. The van der Waals surface area contributed by atoms with Gasteiger partial charge < -0.3 is 20.9 Å². The highest BCUT2D eigenvalue weighted by Crippen LogP contribution is 2.27. The van der Waals surface area contributed by atoms with E-state index in [1.165, 1.54) is 0 Å². The van der Waals surface area contributed by atoms with Gasteiger partial charge in [0.25, 0.3) is 0 Å². The first-order valence-electron chi connectivity index (χ1n) is 5.90. The molecule has 0 saturated heterocycles. The van der Waals surface area contributed by atoms with Crippen molar-refractivity contribution < 1.29 is 9.84 Å². The van der Waals surface area contributed by atoms with E-state index in [0.717, 1.165) is 5.69 Å². The molecule has 0 aliphatic heterocycles. The zero-order chi connectivity index (χ0) is 12.9. The molecular weight excluding hydrogens is 216 g/mol. The van der Waals surface area contributed by atoms with Crippen LogP contribution in [0.2, 0.25) is 0 Å². The zero-order valence-electron chi connectivity index (χ0n) is 10.8. The fourth-order valence-electron chi connectivity index (χ4n) is 1.63. The fraction of sp³-hybridized carbons (Fsp3) is 0.538. The number of hydrogen-bond acceptors (Lipinski definition) is 4. The summed E-state index contributed by atoms with van der Waals surface area (Å²) in [5, 5.41) is 12.3. The third-order valence-corrected chi connectivity index (χ3v) is 2.53. The summed E-state index contributed by atoms with van der Waals surface area (Å²) in [5.74, 6) is 0.692. The van der Waals surface area contributed by atoms with Crippen LogP contribution >= 0.6 is 0 Å². The van der Waals surface area contributed by atoms with E-state index in [1.807, 2.05) is 39.0 Å². The highest BCUT2D eigenvalue weighted by molar-refractivity contribution is 5.61. The number of nitrogens with two attached hydrogens (primary N) is 1. The van der Waals surface area contributed by atoms with Gasteiger partial charge in [-0.2, -0.15) is 0 Å². The molecule has 0 aromatic heterocycles. The Morgan fingerprint density at radius 2 is 2.12 bits per heavy atom. The van der Waals surface area contributed by atoms with Crippen molar-refractivity contribution in [3.05, 3.63) is 18.2 Å². The first kappa shape index (κ1) is 13.6. The summed E-state index contributed by atoms with van der Waals surface area (Å²) in [4.78, 5) is 0. The molecule has 1 aromatic carbocycles. The SMILES string of the molecule is CCOc1cc(NC(C)(C)CCO)ccc1N. The average molecular weight is 238 g/mol. The van der Waals surface area contributed by atoms with Gasteiger partial charge in [0.1, 0.15) is 5.75 Å². The van der Waals surface area contributed by atoms with E-state index in [1.54, 1.807) is 0 Å². The highest BCUT2D eigenvalue weighted by Gasteiger charge is 2.16. The van der Waals surface area contributed by atoms with E-state index >= 15 is 0 Å². The standard InChI is InChI=1S/C13H22N2O2/c1-4-17-12-9-10(5-6-11(12)14)15-13(2,3)7-8-16/h5-6,9,15-16H,4,7-8,14H2,1-3H3. The lowest BCUT2D eigenvalue weighted by molar-refractivity contribution is 0.261. The topological polar surface area (TPSA) is 67.5 Å². The lowest BCUT2D eigenvalue weighted by Crippen LogP contribution is -2.31. The van der Waals surface area contributed by atoms with Crippen molar-refractivity contribution in [2.45, 2.75) is 32.7 Å². The second-order valence-corrected chi connectivity index (χ2v) is 4.67. The van der Waals surface area contributed by atoms with Gasteiger partial charge in [-0.15, -0.1) is 0 Å². The van der Waals surface area contributed by atoms with Crippen molar-refractivity contribution in [2.24, 2.45) is 0 Å². The molecule has 0 aliphatic rings. The maximum atomic E-state index is 8.98. The van der Waals surface area contributed by atoms with Crippen molar-refractivity contribution in [1.82, 2.24) is 0 Å². The molecule has 4 heteroatoms. The molecule has 0 aliphatic carbocycles. The van der Waals surface area contributed by atoms with E-state index in [4.69, 9.17) is 15.6 Å². The predicted octanol–water partition coefficient (Wildman–Crippen LogP) is 2.24. The number of nitrogen functional groups attached to an aromatic ring is 1. The number of anilines is 2. The Morgan fingerprint density at radius 3 is 2.71 bits per heavy atom. The monoisotopic (exact) mass is 238 g/mol. The van der Waals surface area contributed by atoms with Crippen molar-refractivity contribution in [1.29, 1.82) is 0 Å². The summed E-state index contributed by atoms with van der Waals surface area (Å²) in [6.45, 7) is 6.76. The molecule has 4 N–H and O–H groups in total. The van der Waals surface area contributed by atoms with E-state index in [9.17, 15) is 0 Å². The second-order valence-electron chi connectivity index (χ2n) is 4.67. The van der Waals surface area contributed by atoms with Gasteiger partial charge in [-0.3, -0.25) is 0 Å². The fourth-order valence-corrected chi connectivity index (χ4v) is 1.63. The van der Waals surface area contributed by atoms with Crippen LogP contribution in [0.4, 0.5) is 11.4 Å². The largest absolute Gasteiger partial charge is 0.492 e. The van der Waals surface area contributed by atoms with Crippen LogP contribution < -0.4 is 15.8 Å². The highest BCUT2D eigenvalue weighted by atomic mass is 16.5. The van der Waals surface area contributed by atoms with Crippen LogP contribution in [0.15, 0.2) is 18.2 Å². The maximum Gasteiger partial charge on any atom is 0.144 e. The number of hydrogen-bond donors (Lipinski definition) is 3. The normalized spacial score (nSPS) is 11.3. The van der Waals surface area contributed by atoms with Gasteiger partial charge in [-0.05, 0) is 39.3 Å². The molecule has 17 heavy (non-hydrogen) atoms.